The first-order valence-electron chi connectivity index (χ1n) is 9.53. The lowest BCUT2D eigenvalue weighted by Gasteiger charge is -2.30. The van der Waals surface area contributed by atoms with Crippen molar-refractivity contribution in [2.24, 2.45) is 0 Å². The maximum atomic E-state index is 14.4. The lowest BCUT2D eigenvalue weighted by atomic mass is 10.2. The summed E-state index contributed by atoms with van der Waals surface area (Å²) in [4.78, 5) is 2.01. The smallest absolute Gasteiger partial charge is 0.258 e. The normalized spacial score (nSPS) is 14.1. The van der Waals surface area contributed by atoms with E-state index in [1.165, 1.54) is 0 Å². The van der Waals surface area contributed by atoms with Gasteiger partial charge in [0.1, 0.15) is 5.78 Å². The first kappa shape index (κ1) is 21.4. The molecule has 0 aliphatic carbocycles. The summed E-state index contributed by atoms with van der Waals surface area (Å²) in [6.45, 7) is 2.20. The highest BCUT2D eigenvalue weighted by Crippen LogP contribution is 2.59. The van der Waals surface area contributed by atoms with Crippen LogP contribution in [-0.4, -0.2) is 20.7 Å². The number of nitrogens with zero attached hydrogens (tertiary/aromatic N) is 1. The van der Waals surface area contributed by atoms with E-state index in [0.717, 1.165) is 16.9 Å². The van der Waals surface area contributed by atoms with Gasteiger partial charge in [-0.15, -0.1) is 0 Å². The Kier molecular flexibility index (Phi) is 7.02. The van der Waals surface area contributed by atoms with Crippen molar-refractivity contribution in [3.05, 3.63) is 89.4 Å². The molecule has 3 rings (SSSR count). The fraction of sp³-hybridized carbons (Fsp3) is 0.217. The van der Waals surface area contributed by atoms with E-state index in [-0.39, 0.29) is 0 Å². The minimum Gasteiger partial charge on any atom is -0.378 e. The molecular weight excluding hydrogens is 403 g/mol. The highest BCUT2D eigenvalue weighted by Gasteiger charge is 2.37. The first-order valence-corrected chi connectivity index (χ1v) is 11.6. The molecule has 0 spiro atoms. The van der Waals surface area contributed by atoms with Gasteiger partial charge in [-0.3, -0.25) is 4.57 Å². The Morgan fingerprint density at radius 2 is 1.59 bits per heavy atom. The van der Waals surface area contributed by atoms with Crippen molar-refractivity contribution in [3.63, 3.8) is 0 Å². The lowest BCUT2D eigenvalue weighted by Crippen LogP contribution is -2.21. The molecule has 6 heteroatoms. The molecule has 152 valence electrons. The first-order chi connectivity index (χ1) is 13.9. The molecule has 0 saturated carbocycles. The lowest BCUT2D eigenvalue weighted by molar-refractivity contribution is 0.335. The van der Waals surface area contributed by atoms with Crippen LogP contribution in [0.4, 0.5) is 11.4 Å². The van der Waals surface area contributed by atoms with Crippen molar-refractivity contribution in [1.82, 2.24) is 0 Å². The summed E-state index contributed by atoms with van der Waals surface area (Å²) in [7, 11) is 0.646. The van der Waals surface area contributed by atoms with Gasteiger partial charge in [0, 0.05) is 35.8 Å². The second-order valence-corrected chi connectivity index (χ2v) is 9.81. The summed E-state index contributed by atoms with van der Waals surface area (Å²) < 4.78 is 20.3. The number of rotatable bonds is 8. The second kappa shape index (κ2) is 9.49. The summed E-state index contributed by atoms with van der Waals surface area (Å²) in [5.41, 5.74) is 2.76. The van der Waals surface area contributed by atoms with E-state index in [4.69, 9.17) is 16.1 Å². The largest absolute Gasteiger partial charge is 0.378 e. The number of hydrogen-bond acceptors (Lipinski definition) is 4. The Morgan fingerprint density at radius 1 is 0.966 bits per heavy atom. The van der Waals surface area contributed by atoms with Gasteiger partial charge >= 0.3 is 0 Å². The Morgan fingerprint density at radius 3 is 2.14 bits per heavy atom. The molecule has 0 unspecified atom stereocenters. The number of hydrogen-bond donors (Lipinski definition) is 1. The molecule has 0 aliphatic heterocycles. The minimum absolute atomic E-state index is 0.341. The van der Waals surface area contributed by atoms with E-state index in [1.54, 1.807) is 0 Å². The number of halogens is 1. The van der Waals surface area contributed by atoms with Crippen LogP contribution in [0, 0.1) is 0 Å². The van der Waals surface area contributed by atoms with Crippen LogP contribution in [0.2, 0.25) is 5.02 Å². The van der Waals surface area contributed by atoms with Gasteiger partial charge in [-0.1, -0.05) is 41.9 Å². The standard InChI is InChI=1S/C23H26ClN2O2P/c1-4-28-29(27,22-16-14-21(15-17-22)26(2)3)23(18-10-12-19(24)13-11-18)25-20-8-6-5-7-9-20/h5-17,23,25H,4H2,1-3H3/t23-,29-/m0/s1. The van der Waals surface area contributed by atoms with Gasteiger partial charge < -0.3 is 14.7 Å². The molecule has 0 bridgehead atoms. The molecule has 29 heavy (non-hydrogen) atoms. The molecule has 1 N–H and O–H groups in total. The van der Waals surface area contributed by atoms with Crippen LogP contribution < -0.4 is 15.5 Å². The number of anilines is 2. The van der Waals surface area contributed by atoms with Gasteiger partial charge in [-0.2, -0.15) is 0 Å². The Labute approximate surface area is 177 Å². The van der Waals surface area contributed by atoms with Crippen LogP contribution in [-0.2, 0) is 9.09 Å². The van der Waals surface area contributed by atoms with Crippen molar-refractivity contribution in [2.45, 2.75) is 12.7 Å². The molecule has 4 nitrogen and oxygen atoms in total. The monoisotopic (exact) mass is 428 g/mol. The molecule has 0 aliphatic rings. The number of benzene rings is 3. The van der Waals surface area contributed by atoms with Crippen LogP contribution in [0.15, 0.2) is 78.9 Å². The zero-order valence-corrected chi connectivity index (χ0v) is 18.5. The van der Waals surface area contributed by atoms with Crippen LogP contribution in [0.1, 0.15) is 18.3 Å². The van der Waals surface area contributed by atoms with Crippen molar-refractivity contribution in [1.29, 1.82) is 0 Å². The van der Waals surface area contributed by atoms with Crippen molar-refractivity contribution in [3.8, 4) is 0 Å². The summed E-state index contributed by atoms with van der Waals surface area (Å²) in [6, 6.07) is 24.8. The van der Waals surface area contributed by atoms with Crippen LogP contribution >= 0.6 is 19.0 Å². The van der Waals surface area contributed by atoms with Gasteiger partial charge in [-0.25, -0.2) is 0 Å². The van der Waals surface area contributed by atoms with Crippen LogP contribution in [0.3, 0.4) is 0 Å². The van der Waals surface area contributed by atoms with Gasteiger partial charge in [0.2, 0.25) is 0 Å². The molecule has 0 amide bonds. The molecular formula is C23H26ClN2O2P. The van der Waals surface area contributed by atoms with Gasteiger partial charge in [0.15, 0.2) is 0 Å². The molecule has 2 atom stereocenters. The molecule has 0 heterocycles. The molecule has 0 fully saturated rings. The van der Waals surface area contributed by atoms with E-state index >= 15 is 0 Å². The third-order valence-electron chi connectivity index (χ3n) is 4.65. The average molecular weight is 429 g/mol. The van der Waals surface area contributed by atoms with Crippen molar-refractivity contribution < 1.29 is 9.09 Å². The molecule has 3 aromatic rings. The number of nitrogens with one attached hydrogen (secondary N) is 1. The maximum Gasteiger partial charge on any atom is 0.258 e. The third kappa shape index (κ3) is 5.02. The Hall–Kier alpha value is -2.26. The number of para-hydroxylation sites is 1. The highest BCUT2D eigenvalue weighted by atomic mass is 35.5. The summed E-state index contributed by atoms with van der Waals surface area (Å²) >= 11 is 6.09. The maximum absolute atomic E-state index is 14.4. The fourth-order valence-electron chi connectivity index (χ4n) is 3.15. The quantitative estimate of drug-likeness (QED) is 0.436. The summed E-state index contributed by atoms with van der Waals surface area (Å²) in [5, 5.41) is 4.74. The summed E-state index contributed by atoms with van der Waals surface area (Å²) in [5.74, 6) is -0.549. The van der Waals surface area contributed by atoms with E-state index in [1.807, 2.05) is 105 Å². The van der Waals surface area contributed by atoms with Crippen LogP contribution in [0.5, 0.6) is 0 Å². The van der Waals surface area contributed by atoms with Gasteiger partial charge in [-0.05, 0) is 61.0 Å². The van der Waals surface area contributed by atoms with Crippen molar-refractivity contribution in [2.75, 3.05) is 30.9 Å². The van der Waals surface area contributed by atoms with Crippen LogP contribution in [0.25, 0.3) is 0 Å². The van der Waals surface area contributed by atoms with Gasteiger partial charge in [0.25, 0.3) is 7.37 Å². The fourth-order valence-corrected chi connectivity index (χ4v) is 5.70. The topological polar surface area (TPSA) is 41.6 Å². The van der Waals surface area contributed by atoms with E-state index < -0.39 is 13.2 Å². The van der Waals surface area contributed by atoms with Crippen molar-refractivity contribution >= 4 is 35.6 Å². The third-order valence-corrected chi connectivity index (χ3v) is 7.67. The predicted molar refractivity (Wildman–Crippen MR) is 124 cm³/mol. The molecule has 0 aromatic heterocycles. The highest BCUT2D eigenvalue weighted by molar-refractivity contribution is 7.67. The SMILES string of the molecule is CCO[P@@](=O)(c1ccc(N(C)C)cc1)[C@H](Nc1ccccc1)c1ccc(Cl)cc1. The Balaban J connectivity index is 2.09. The zero-order chi connectivity index (χ0) is 20.9. The molecule has 0 saturated heterocycles. The second-order valence-electron chi connectivity index (χ2n) is 6.89. The van der Waals surface area contributed by atoms with E-state index in [0.29, 0.717) is 16.9 Å². The predicted octanol–water partition coefficient (Wildman–Crippen LogP) is 6.16. The van der Waals surface area contributed by atoms with E-state index in [2.05, 4.69) is 5.32 Å². The van der Waals surface area contributed by atoms with Gasteiger partial charge in [0.05, 0.1) is 6.61 Å². The average Bonchev–Trinajstić information content (AvgIpc) is 2.74. The zero-order valence-electron chi connectivity index (χ0n) is 16.9. The molecule has 0 radical (unpaired) electrons. The summed E-state index contributed by atoms with van der Waals surface area (Å²) in [6.07, 6.45) is 0. The molecule has 3 aromatic carbocycles. The Bertz CT molecular complexity index is 960. The van der Waals surface area contributed by atoms with E-state index in [9.17, 15) is 4.57 Å². The minimum atomic E-state index is -3.31.